The first-order valence-corrected chi connectivity index (χ1v) is 17.8. The first-order chi connectivity index (χ1) is 23.9. The second-order valence-corrected chi connectivity index (χ2v) is 14.8. The molecule has 5 aromatic rings. The number of nitrogens with zero attached hydrogens (tertiary/aromatic N) is 6. The van der Waals surface area contributed by atoms with Gasteiger partial charge < -0.3 is 15.2 Å². The number of rotatable bonds is 10. The normalized spacial score (nSPS) is 15.5. The van der Waals surface area contributed by atoms with Crippen molar-refractivity contribution in [3.05, 3.63) is 105 Å². The summed E-state index contributed by atoms with van der Waals surface area (Å²) in [6.45, 7) is 8.68. The lowest BCUT2D eigenvalue weighted by atomic mass is 9.98. The van der Waals surface area contributed by atoms with Crippen molar-refractivity contribution in [3.63, 3.8) is 0 Å². The van der Waals surface area contributed by atoms with Crippen LogP contribution in [0.4, 0.5) is 21.5 Å². The molecule has 50 heavy (non-hydrogen) atoms. The zero-order valence-electron chi connectivity index (χ0n) is 27.6. The van der Waals surface area contributed by atoms with Crippen molar-refractivity contribution in [3.8, 4) is 6.07 Å². The average molecular weight is 736 g/mol. The molecule has 1 aliphatic rings. The van der Waals surface area contributed by atoms with E-state index in [0.717, 1.165) is 37.1 Å². The van der Waals surface area contributed by atoms with Crippen molar-refractivity contribution in [1.29, 1.82) is 5.26 Å². The van der Waals surface area contributed by atoms with Crippen LogP contribution < -0.4 is 15.4 Å². The number of aromatic nitrogens is 4. The Bertz CT molecular complexity index is 2090. The predicted octanol–water partition coefficient (Wildman–Crippen LogP) is 7.41. The highest BCUT2D eigenvalue weighted by Crippen LogP contribution is 2.38. The fourth-order valence-corrected chi connectivity index (χ4v) is 6.91. The maximum atomic E-state index is 13.9. The Kier molecular flexibility index (Phi) is 10.7. The molecule has 3 aromatic carbocycles. The number of hydrogen-bond acceptors (Lipinski definition) is 9. The standard InChI is InChI=1S/C35H36Cl2FN9O2S/c1-35(2,3)46-11-9-26(10-12-46)47-20-31(44-45-47)33(22-6-4-5-21(13-22)18-41-50(48)49)43-30-15-24(36)14-27-32(23(17-39)19-40-34(27)30)42-25-7-8-29(38)28(37)16-25/h4-8,13-16,19-20,26,33,41,43H,9-12,18H2,1-3H3,(H,40,42)(H,48,49)/p-1/t33-/m0/s1. The number of likely N-dealkylation sites (tertiary alicyclic amines) is 1. The molecule has 0 amide bonds. The van der Waals surface area contributed by atoms with Gasteiger partial charge in [0.15, 0.2) is 0 Å². The molecule has 0 saturated carbocycles. The molecule has 11 nitrogen and oxygen atoms in total. The third-order valence-corrected chi connectivity index (χ3v) is 9.72. The van der Waals surface area contributed by atoms with Gasteiger partial charge in [-0.3, -0.25) is 14.1 Å². The number of nitriles is 1. The molecule has 1 fully saturated rings. The second-order valence-electron chi connectivity index (χ2n) is 13.2. The zero-order chi connectivity index (χ0) is 35.6. The summed E-state index contributed by atoms with van der Waals surface area (Å²) in [5.74, 6) is -0.564. The summed E-state index contributed by atoms with van der Waals surface area (Å²) in [5, 5.41) is 26.8. The first kappa shape index (κ1) is 35.7. The van der Waals surface area contributed by atoms with Crippen molar-refractivity contribution in [2.45, 2.75) is 57.8 Å². The maximum Gasteiger partial charge on any atom is 0.141 e. The molecule has 15 heteroatoms. The van der Waals surface area contributed by atoms with E-state index < -0.39 is 23.1 Å². The van der Waals surface area contributed by atoms with Crippen molar-refractivity contribution < 1.29 is 13.2 Å². The Morgan fingerprint density at radius 1 is 1.14 bits per heavy atom. The van der Waals surface area contributed by atoms with Gasteiger partial charge in [-0.15, -0.1) is 5.10 Å². The van der Waals surface area contributed by atoms with Crippen molar-refractivity contribution in [1.82, 2.24) is 29.6 Å². The molecular weight excluding hydrogens is 700 g/mol. The summed E-state index contributed by atoms with van der Waals surface area (Å²) < 4.78 is 40.8. The number of anilines is 3. The minimum absolute atomic E-state index is 0.0678. The van der Waals surface area contributed by atoms with E-state index in [1.807, 2.05) is 35.1 Å². The van der Waals surface area contributed by atoms with Crippen LogP contribution in [-0.2, 0) is 17.8 Å². The highest BCUT2D eigenvalue weighted by atomic mass is 35.5. The van der Waals surface area contributed by atoms with Crippen molar-refractivity contribution >= 4 is 62.4 Å². The van der Waals surface area contributed by atoms with E-state index in [-0.39, 0.29) is 28.7 Å². The number of nitrogens with one attached hydrogen (secondary N) is 3. The van der Waals surface area contributed by atoms with E-state index >= 15 is 0 Å². The minimum Gasteiger partial charge on any atom is -0.760 e. The molecule has 2 aromatic heterocycles. The summed E-state index contributed by atoms with van der Waals surface area (Å²) in [7, 11) is 0. The molecule has 0 bridgehead atoms. The topological polar surface area (TPSA) is 147 Å². The number of halogens is 3. The van der Waals surface area contributed by atoms with E-state index in [1.165, 1.54) is 24.4 Å². The fraction of sp³-hybridized carbons (Fsp3) is 0.314. The van der Waals surface area contributed by atoms with E-state index in [0.29, 0.717) is 38.7 Å². The Morgan fingerprint density at radius 2 is 1.92 bits per heavy atom. The highest BCUT2D eigenvalue weighted by Gasteiger charge is 2.29. The van der Waals surface area contributed by atoms with Crippen LogP contribution in [0.2, 0.25) is 10.0 Å². The van der Waals surface area contributed by atoms with Gasteiger partial charge in [0.1, 0.15) is 17.6 Å². The quantitative estimate of drug-likeness (QED) is 0.125. The molecule has 3 heterocycles. The van der Waals surface area contributed by atoms with Gasteiger partial charge in [0, 0.05) is 58.7 Å². The lowest BCUT2D eigenvalue weighted by Gasteiger charge is -2.40. The summed E-state index contributed by atoms with van der Waals surface area (Å²) in [6, 6.07) is 17.0. The summed E-state index contributed by atoms with van der Waals surface area (Å²) >= 11 is 10.3. The number of hydrogen-bond donors (Lipinski definition) is 3. The highest BCUT2D eigenvalue weighted by molar-refractivity contribution is 7.77. The van der Waals surface area contributed by atoms with E-state index in [1.54, 1.807) is 12.1 Å². The van der Waals surface area contributed by atoms with Crippen LogP contribution in [0.15, 0.2) is 67.0 Å². The van der Waals surface area contributed by atoms with Crippen LogP contribution in [0, 0.1) is 17.1 Å². The van der Waals surface area contributed by atoms with Crippen LogP contribution >= 0.6 is 23.2 Å². The lowest BCUT2D eigenvalue weighted by Crippen LogP contribution is -2.46. The van der Waals surface area contributed by atoms with Gasteiger partial charge in [0.05, 0.1) is 45.8 Å². The van der Waals surface area contributed by atoms with Gasteiger partial charge in [-0.2, -0.15) is 5.26 Å². The lowest BCUT2D eigenvalue weighted by molar-refractivity contribution is 0.0866. The molecule has 1 unspecified atom stereocenters. The zero-order valence-corrected chi connectivity index (χ0v) is 29.9. The third-order valence-electron chi connectivity index (χ3n) is 8.83. The third kappa shape index (κ3) is 8.07. The Balaban J connectivity index is 1.40. The van der Waals surface area contributed by atoms with E-state index in [4.69, 9.17) is 23.2 Å². The maximum absolute atomic E-state index is 13.9. The molecule has 1 aliphatic heterocycles. The molecular formula is C35H35Cl2FN9O2S-. The van der Waals surface area contributed by atoms with E-state index in [2.05, 4.69) is 62.4 Å². The molecule has 6 rings (SSSR count). The van der Waals surface area contributed by atoms with Gasteiger partial charge in [0.25, 0.3) is 0 Å². The Labute approximate surface area is 302 Å². The first-order valence-electron chi connectivity index (χ1n) is 16.0. The second kappa shape index (κ2) is 15.0. The molecule has 2 atom stereocenters. The fourth-order valence-electron chi connectivity index (χ4n) is 6.23. The Hall–Kier alpha value is -4.16. The molecule has 0 aliphatic carbocycles. The van der Waals surface area contributed by atoms with Crippen LogP contribution in [0.25, 0.3) is 10.9 Å². The average Bonchev–Trinajstić information content (AvgIpc) is 3.58. The molecule has 3 N–H and O–H groups in total. The van der Waals surface area contributed by atoms with Gasteiger partial charge >= 0.3 is 0 Å². The van der Waals surface area contributed by atoms with Crippen LogP contribution in [0.1, 0.15) is 68.1 Å². The SMILES string of the molecule is CC(C)(C)N1CCC(n2cc([C@@H](Nc3cc(Cl)cc4c(Nc5ccc(F)c(Cl)c5)c(C#N)cnc34)c3cccc(CNS(=O)[O-])c3)nn2)CC1. The molecule has 1 saturated heterocycles. The smallest absolute Gasteiger partial charge is 0.141 e. The van der Waals surface area contributed by atoms with Crippen LogP contribution in [0.5, 0.6) is 0 Å². The number of piperidine rings is 1. The number of fused-ring (bicyclic) bond motifs is 1. The number of pyridine rings is 1. The van der Waals surface area contributed by atoms with Gasteiger partial charge in [-0.1, -0.05) is 52.7 Å². The predicted molar refractivity (Wildman–Crippen MR) is 193 cm³/mol. The minimum atomic E-state index is -2.42. The summed E-state index contributed by atoms with van der Waals surface area (Å²) in [4.78, 5) is 7.12. The molecule has 0 radical (unpaired) electrons. The largest absolute Gasteiger partial charge is 0.760 e. The van der Waals surface area contributed by atoms with Gasteiger partial charge in [0.2, 0.25) is 0 Å². The van der Waals surface area contributed by atoms with Crippen molar-refractivity contribution in [2.75, 3.05) is 23.7 Å². The molecule has 0 spiro atoms. The summed E-state index contributed by atoms with van der Waals surface area (Å²) in [5.41, 5.74) is 4.50. The van der Waals surface area contributed by atoms with Gasteiger partial charge in [-0.05, 0) is 75.1 Å². The Morgan fingerprint density at radius 3 is 2.62 bits per heavy atom. The molecule has 260 valence electrons. The van der Waals surface area contributed by atoms with Gasteiger partial charge in [-0.25, -0.2) is 13.8 Å². The van der Waals surface area contributed by atoms with Crippen LogP contribution in [-0.4, -0.2) is 52.3 Å². The van der Waals surface area contributed by atoms with E-state index in [9.17, 15) is 18.4 Å². The summed E-state index contributed by atoms with van der Waals surface area (Å²) in [6.07, 6.45) is 5.28. The van der Waals surface area contributed by atoms with Crippen molar-refractivity contribution in [2.24, 2.45) is 0 Å². The number of benzene rings is 3. The van der Waals surface area contributed by atoms with Crippen LogP contribution in [0.3, 0.4) is 0 Å². The monoisotopic (exact) mass is 734 g/mol.